The van der Waals surface area contributed by atoms with E-state index in [9.17, 15) is 23.5 Å². The number of aliphatic hydroxyl groups is 1. The van der Waals surface area contributed by atoms with Gasteiger partial charge in [-0.2, -0.15) is 8.78 Å². The van der Waals surface area contributed by atoms with E-state index in [1.165, 1.54) is 22.9 Å². The second-order valence-electron chi connectivity index (χ2n) is 6.25. The molecule has 3 rings (SSSR count). The summed E-state index contributed by atoms with van der Waals surface area (Å²) in [7, 11) is 0. The number of nitrogens with one attached hydrogen (secondary N) is 1. The van der Waals surface area contributed by atoms with Gasteiger partial charge in [0.15, 0.2) is 0 Å². The van der Waals surface area contributed by atoms with Gasteiger partial charge >= 0.3 is 5.92 Å². The summed E-state index contributed by atoms with van der Waals surface area (Å²) in [5.41, 5.74) is -2.29. The monoisotopic (exact) mass is 348 g/mol. The highest BCUT2D eigenvalue weighted by Crippen LogP contribution is 2.44. The summed E-state index contributed by atoms with van der Waals surface area (Å²) < 4.78 is 29.6. The minimum Gasteiger partial charge on any atom is -0.383 e. The number of carbonyl (C=O) groups excluding carboxylic acids is 1. The van der Waals surface area contributed by atoms with Crippen molar-refractivity contribution in [3.8, 4) is 0 Å². The van der Waals surface area contributed by atoms with Crippen LogP contribution in [0.4, 0.5) is 14.5 Å². The first kappa shape index (κ1) is 17.3. The van der Waals surface area contributed by atoms with E-state index in [2.05, 4.69) is 0 Å². The van der Waals surface area contributed by atoms with E-state index in [0.717, 1.165) is 5.56 Å². The molecule has 7 heteroatoms. The van der Waals surface area contributed by atoms with Crippen molar-refractivity contribution in [1.82, 2.24) is 4.57 Å². The molecule has 0 aliphatic heterocycles. The number of rotatable bonds is 5. The van der Waals surface area contributed by atoms with Gasteiger partial charge in [-0.3, -0.25) is 9.59 Å². The maximum Gasteiger partial charge on any atom is 0.352 e. The minimum atomic E-state index is -3.95. The fourth-order valence-electron chi connectivity index (χ4n) is 2.77. The predicted molar refractivity (Wildman–Crippen MR) is 88.6 cm³/mol. The normalized spacial score (nSPS) is 16.1. The van der Waals surface area contributed by atoms with E-state index in [-0.39, 0.29) is 25.1 Å². The number of hydrogen-bond donors (Lipinski definition) is 2. The van der Waals surface area contributed by atoms with Gasteiger partial charge in [0, 0.05) is 6.20 Å². The Balaban J connectivity index is 1.80. The van der Waals surface area contributed by atoms with Crippen LogP contribution in [0.3, 0.4) is 0 Å². The molecule has 0 spiro atoms. The third kappa shape index (κ3) is 3.19. The lowest BCUT2D eigenvalue weighted by Gasteiger charge is -2.41. The molecule has 2 N–H and O–H groups in total. The molecule has 0 atom stereocenters. The van der Waals surface area contributed by atoms with E-state index in [1.807, 2.05) is 35.6 Å². The van der Waals surface area contributed by atoms with Crippen molar-refractivity contribution >= 4 is 11.6 Å². The largest absolute Gasteiger partial charge is 0.383 e. The quantitative estimate of drug-likeness (QED) is 0.872. The standard InChI is InChI=1S/C18H18F2N2O3/c19-18(20,17(25)9-5-10-17)16(24)21-14-8-4-11-22(15(14)23)12-13-6-2-1-3-7-13/h1-4,6-8,11,25H,5,9-10,12H2,(H,21,24). The van der Waals surface area contributed by atoms with Crippen molar-refractivity contribution in [3.05, 3.63) is 64.6 Å². The SMILES string of the molecule is O=C(Nc1cccn(Cc2ccccc2)c1=O)C(F)(F)C1(O)CCC1. The molecule has 0 radical (unpaired) electrons. The van der Waals surface area contributed by atoms with Gasteiger partial charge in [-0.25, -0.2) is 0 Å². The van der Waals surface area contributed by atoms with Gasteiger partial charge in [0.1, 0.15) is 11.3 Å². The lowest BCUT2D eigenvalue weighted by molar-refractivity contribution is -0.212. The number of benzene rings is 1. The highest BCUT2D eigenvalue weighted by Gasteiger charge is 2.61. The molecule has 0 bridgehead atoms. The molecule has 1 fully saturated rings. The highest BCUT2D eigenvalue weighted by molar-refractivity contribution is 5.97. The number of halogens is 2. The zero-order valence-electron chi connectivity index (χ0n) is 13.4. The van der Waals surface area contributed by atoms with E-state index in [1.54, 1.807) is 0 Å². The molecule has 0 saturated heterocycles. The zero-order chi connectivity index (χ0) is 18.1. The van der Waals surface area contributed by atoms with Gasteiger partial charge in [0.25, 0.3) is 11.5 Å². The van der Waals surface area contributed by atoms with Crippen molar-refractivity contribution in [2.45, 2.75) is 37.3 Å². The molecule has 1 aromatic heterocycles. The summed E-state index contributed by atoms with van der Waals surface area (Å²) in [6.07, 6.45) is 1.68. The molecule has 1 aromatic carbocycles. The smallest absolute Gasteiger partial charge is 0.352 e. The maximum atomic E-state index is 14.1. The molecular weight excluding hydrogens is 330 g/mol. The molecule has 1 heterocycles. The molecule has 1 amide bonds. The van der Waals surface area contributed by atoms with Crippen LogP contribution in [-0.4, -0.2) is 27.1 Å². The summed E-state index contributed by atoms with van der Waals surface area (Å²) in [4.78, 5) is 24.3. The van der Waals surface area contributed by atoms with Gasteiger partial charge in [0.2, 0.25) is 0 Å². The fraction of sp³-hybridized carbons (Fsp3) is 0.333. The Morgan fingerprint density at radius 1 is 1.20 bits per heavy atom. The summed E-state index contributed by atoms with van der Waals surface area (Å²) in [5.74, 6) is -5.61. The van der Waals surface area contributed by atoms with Gasteiger partial charge in [-0.15, -0.1) is 0 Å². The van der Waals surface area contributed by atoms with Crippen LogP contribution in [0.2, 0.25) is 0 Å². The lowest BCUT2D eigenvalue weighted by Crippen LogP contribution is -2.59. The highest BCUT2D eigenvalue weighted by atomic mass is 19.3. The summed E-state index contributed by atoms with van der Waals surface area (Å²) in [5, 5.41) is 11.8. The number of alkyl halides is 2. The third-order valence-corrected chi connectivity index (χ3v) is 4.51. The second-order valence-corrected chi connectivity index (χ2v) is 6.25. The average Bonchev–Trinajstić information content (AvgIpc) is 2.57. The molecule has 25 heavy (non-hydrogen) atoms. The Morgan fingerprint density at radius 3 is 2.48 bits per heavy atom. The topological polar surface area (TPSA) is 71.3 Å². The van der Waals surface area contributed by atoms with Crippen LogP contribution < -0.4 is 10.9 Å². The van der Waals surface area contributed by atoms with E-state index in [4.69, 9.17) is 0 Å². The van der Waals surface area contributed by atoms with Crippen molar-refractivity contribution < 1.29 is 18.7 Å². The van der Waals surface area contributed by atoms with Crippen molar-refractivity contribution in [2.75, 3.05) is 5.32 Å². The third-order valence-electron chi connectivity index (χ3n) is 4.51. The van der Waals surface area contributed by atoms with Gasteiger partial charge in [0.05, 0.1) is 6.54 Å². The van der Waals surface area contributed by atoms with Gasteiger partial charge < -0.3 is 15.0 Å². The molecule has 1 saturated carbocycles. The molecule has 0 unspecified atom stereocenters. The van der Waals surface area contributed by atoms with Gasteiger partial charge in [-0.1, -0.05) is 30.3 Å². The van der Waals surface area contributed by atoms with Crippen LogP contribution in [0.1, 0.15) is 24.8 Å². The van der Waals surface area contributed by atoms with Crippen molar-refractivity contribution in [1.29, 1.82) is 0 Å². The maximum absolute atomic E-state index is 14.1. The molecule has 5 nitrogen and oxygen atoms in total. The summed E-state index contributed by atoms with van der Waals surface area (Å²) in [6, 6.07) is 11.9. The van der Waals surface area contributed by atoms with Gasteiger partial charge in [-0.05, 0) is 37.0 Å². The molecule has 1 aliphatic rings. The second kappa shape index (κ2) is 6.40. The minimum absolute atomic E-state index is 0.138. The van der Waals surface area contributed by atoms with E-state index >= 15 is 0 Å². The number of amides is 1. The lowest BCUT2D eigenvalue weighted by atomic mass is 9.75. The average molecular weight is 348 g/mol. The van der Waals surface area contributed by atoms with Crippen LogP contribution >= 0.6 is 0 Å². The fourth-order valence-corrected chi connectivity index (χ4v) is 2.77. The number of pyridine rings is 1. The van der Waals surface area contributed by atoms with Crippen LogP contribution in [0.15, 0.2) is 53.5 Å². The number of aromatic nitrogens is 1. The molecule has 132 valence electrons. The van der Waals surface area contributed by atoms with Crippen LogP contribution in [0, 0.1) is 0 Å². The molecular formula is C18H18F2N2O3. The number of nitrogens with zero attached hydrogens (tertiary/aromatic N) is 1. The first-order chi connectivity index (χ1) is 11.8. The predicted octanol–water partition coefficient (Wildman–Crippen LogP) is 2.39. The van der Waals surface area contributed by atoms with Crippen molar-refractivity contribution in [3.63, 3.8) is 0 Å². The van der Waals surface area contributed by atoms with E-state index in [0.29, 0.717) is 6.42 Å². The van der Waals surface area contributed by atoms with Crippen LogP contribution in [0.5, 0.6) is 0 Å². The Morgan fingerprint density at radius 2 is 1.88 bits per heavy atom. The number of hydrogen-bond acceptors (Lipinski definition) is 3. The van der Waals surface area contributed by atoms with E-state index < -0.39 is 23.0 Å². The Labute approximate surface area is 142 Å². The van der Waals surface area contributed by atoms with Crippen LogP contribution in [-0.2, 0) is 11.3 Å². The summed E-state index contributed by atoms with van der Waals surface area (Å²) >= 11 is 0. The Bertz CT molecular complexity index is 830. The van der Waals surface area contributed by atoms with Crippen LogP contribution in [0.25, 0.3) is 0 Å². The Kier molecular flexibility index (Phi) is 4.43. The number of carbonyl (C=O) groups is 1. The zero-order valence-corrected chi connectivity index (χ0v) is 13.4. The molecule has 1 aliphatic carbocycles. The van der Waals surface area contributed by atoms with Crippen molar-refractivity contribution in [2.24, 2.45) is 0 Å². The molecule has 2 aromatic rings. The Hall–Kier alpha value is -2.54. The number of anilines is 1. The summed E-state index contributed by atoms with van der Waals surface area (Å²) in [6.45, 7) is 0.254. The first-order valence-corrected chi connectivity index (χ1v) is 7.98. The first-order valence-electron chi connectivity index (χ1n) is 7.98.